The van der Waals surface area contributed by atoms with E-state index in [2.05, 4.69) is 18.2 Å². The molecule has 0 unspecified atom stereocenters. The molecule has 0 bridgehead atoms. The van der Waals surface area contributed by atoms with Crippen LogP contribution in [-0.2, 0) is 6.61 Å². The van der Waals surface area contributed by atoms with E-state index >= 15 is 0 Å². The summed E-state index contributed by atoms with van der Waals surface area (Å²) in [5, 5.41) is 30.0. The third-order valence-electron chi connectivity index (χ3n) is 6.26. The Bertz CT molecular complexity index is 1160. The molecule has 0 saturated carbocycles. The Hall–Kier alpha value is -4.01. The van der Waals surface area contributed by atoms with E-state index in [0.717, 1.165) is 36.0 Å². The van der Waals surface area contributed by atoms with Crippen LogP contribution < -0.4 is 10.5 Å². The summed E-state index contributed by atoms with van der Waals surface area (Å²) in [5.74, 6) is 0.0897. The van der Waals surface area contributed by atoms with Crippen LogP contribution in [0.1, 0.15) is 36.3 Å². The average Bonchev–Trinajstić information content (AvgIpc) is 2.83. The Balaban J connectivity index is 1.77. The molecular weight excluding hydrogens is 384 g/mol. The molecule has 0 amide bonds. The number of allylic oxidation sites excluding steroid dienone is 4. The van der Waals surface area contributed by atoms with Crippen LogP contribution in [-0.4, -0.2) is 0 Å². The third kappa shape index (κ3) is 3.43. The van der Waals surface area contributed by atoms with Gasteiger partial charge in [-0.05, 0) is 54.0 Å². The Labute approximate surface area is 182 Å². The van der Waals surface area contributed by atoms with Crippen molar-refractivity contribution in [3.05, 3.63) is 88.6 Å². The molecule has 4 rings (SSSR count). The minimum absolute atomic E-state index is 0.0602. The molecule has 0 saturated heterocycles. The summed E-state index contributed by atoms with van der Waals surface area (Å²) in [6.07, 6.45) is 4.65. The van der Waals surface area contributed by atoms with Gasteiger partial charge in [-0.1, -0.05) is 48.5 Å². The number of hydrogen-bond donors (Lipinski definition) is 1. The normalized spacial score (nSPS) is 21.6. The first-order chi connectivity index (χ1) is 15.1. The van der Waals surface area contributed by atoms with Gasteiger partial charge in [0.05, 0.1) is 23.4 Å². The molecule has 2 aliphatic carbocycles. The molecule has 2 N–H and O–H groups in total. The highest BCUT2D eigenvalue weighted by Gasteiger charge is 2.53. The second-order valence-electron chi connectivity index (χ2n) is 7.95. The van der Waals surface area contributed by atoms with Crippen molar-refractivity contribution in [1.29, 1.82) is 15.8 Å². The van der Waals surface area contributed by atoms with Gasteiger partial charge in [0, 0.05) is 5.92 Å². The summed E-state index contributed by atoms with van der Waals surface area (Å²) in [5.41, 5.74) is 7.84. The number of rotatable bonds is 4. The molecule has 0 spiro atoms. The number of nitriles is 3. The predicted octanol–water partition coefficient (Wildman–Crippen LogP) is 4.86. The highest BCUT2D eigenvalue weighted by Crippen LogP contribution is 2.56. The van der Waals surface area contributed by atoms with E-state index in [1.54, 1.807) is 0 Å². The topological polar surface area (TPSA) is 107 Å². The molecule has 5 nitrogen and oxygen atoms in total. The number of nitrogens with zero attached hydrogens (tertiary/aromatic N) is 3. The summed E-state index contributed by atoms with van der Waals surface area (Å²) >= 11 is 0. The lowest BCUT2D eigenvalue weighted by Gasteiger charge is -2.43. The number of benzene rings is 2. The number of fused-ring (bicyclic) bond motifs is 1. The fraction of sp³-hybridized carbons (Fsp3) is 0.269. The first-order valence-corrected chi connectivity index (χ1v) is 10.3. The quantitative estimate of drug-likeness (QED) is 0.780. The predicted molar refractivity (Wildman–Crippen MR) is 116 cm³/mol. The van der Waals surface area contributed by atoms with Gasteiger partial charge in [-0.3, -0.25) is 0 Å². The van der Waals surface area contributed by atoms with Gasteiger partial charge in [-0.15, -0.1) is 0 Å². The second kappa shape index (κ2) is 8.39. The molecule has 0 heterocycles. The van der Waals surface area contributed by atoms with Crippen molar-refractivity contribution in [3.63, 3.8) is 0 Å². The van der Waals surface area contributed by atoms with Gasteiger partial charge < -0.3 is 10.5 Å². The Kier molecular flexibility index (Phi) is 5.48. The number of nitrogens with two attached hydrogens (primary N) is 1. The van der Waals surface area contributed by atoms with Crippen LogP contribution in [0.15, 0.2) is 77.5 Å². The monoisotopic (exact) mass is 406 g/mol. The van der Waals surface area contributed by atoms with Crippen molar-refractivity contribution >= 4 is 0 Å². The van der Waals surface area contributed by atoms with Crippen LogP contribution in [0.4, 0.5) is 0 Å². The van der Waals surface area contributed by atoms with Crippen molar-refractivity contribution in [2.24, 2.45) is 17.1 Å². The average molecular weight is 406 g/mol. The fourth-order valence-corrected chi connectivity index (χ4v) is 4.79. The van der Waals surface area contributed by atoms with Gasteiger partial charge in [-0.2, -0.15) is 15.8 Å². The maximum absolute atomic E-state index is 10.1. The summed E-state index contributed by atoms with van der Waals surface area (Å²) in [4.78, 5) is 0. The lowest BCUT2D eigenvalue weighted by molar-refractivity contribution is 0.299. The first-order valence-electron chi connectivity index (χ1n) is 10.3. The maximum atomic E-state index is 10.1. The fourth-order valence-electron chi connectivity index (χ4n) is 4.79. The molecule has 2 aromatic rings. The summed E-state index contributed by atoms with van der Waals surface area (Å²) < 4.78 is 5.99. The van der Waals surface area contributed by atoms with Crippen molar-refractivity contribution in [1.82, 2.24) is 0 Å². The van der Waals surface area contributed by atoms with Gasteiger partial charge >= 0.3 is 0 Å². The SMILES string of the molecule is N#CC1=C(N)C(C#N)(C#N)[C@@H](c2cccc(OCc3ccccc3)c2)[C@H]2CCCC=C12. The summed E-state index contributed by atoms with van der Waals surface area (Å²) in [7, 11) is 0. The highest BCUT2D eigenvalue weighted by molar-refractivity contribution is 5.59. The van der Waals surface area contributed by atoms with Crippen LogP contribution in [0.5, 0.6) is 5.75 Å². The van der Waals surface area contributed by atoms with Gasteiger partial charge in [0.25, 0.3) is 0 Å². The van der Waals surface area contributed by atoms with Crippen LogP contribution in [0.3, 0.4) is 0 Å². The van der Waals surface area contributed by atoms with Crippen LogP contribution in [0, 0.1) is 45.3 Å². The van der Waals surface area contributed by atoms with Crippen LogP contribution in [0.2, 0.25) is 0 Å². The van der Waals surface area contributed by atoms with E-state index in [1.165, 1.54) is 0 Å². The molecule has 0 fully saturated rings. The standard InChI is InChI=1S/C26H22N4O/c27-14-23-21-11-4-5-12-22(21)24(26(16-28,17-29)25(23)30)19-9-6-10-20(13-19)31-15-18-7-2-1-3-8-18/h1-3,6-11,13,22,24H,4-5,12,15,30H2/t22-,24-/m0/s1. The smallest absolute Gasteiger partial charge is 0.191 e. The lowest BCUT2D eigenvalue weighted by Crippen LogP contribution is -2.42. The zero-order valence-corrected chi connectivity index (χ0v) is 17.1. The lowest BCUT2D eigenvalue weighted by atomic mass is 9.57. The van der Waals surface area contributed by atoms with Crippen molar-refractivity contribution in [3.8, 4) is 24.0 Å². The molecule has 0 aromatic heterocycles. The van der Waals surface area contributed by atoms with Crippen LogP contribution >= 0.6 is 0 Å². The van der Waals surface area contributed by atoms with E-state index < -0.39 is 11.3 Å². The minimum Gasteiger partial charge on any atom is -0.489 e. The van der Waals surface area contributed by atoms with Crippen molar-refractivity contribution in [2.75, 3.05) is 0 Å². The summed E-state index contributed by atoms with van der Waals surface area (Å²) in [6, 6.07) is 23.9. The van der Waals surface area contributed by atoms with Crippen molar-refractivity contribution in [2.45, 2.75) is 31.8 Å². The molecule has 5 heteroatoms. The largest absolute Gasteiger partial charge is 0.489 e. The van der Waals surface area contributed by atoms with E-state index in [9.17, 15) is 15.8 Å². The minimum atomic E-state index is -1.59. The maximum Gasteiger partial charge on any atom is 0.191 e. The van der Waals surface area contributed by atoms with E-state index in [4.69, 9.17) is 10.5 Å². The second-order valence-corrected chi connectivity index (χ2v) is 7.95. The molecule has 0 aliphatic heterocycles. The first kappa shape index (κ1) is 20.3. The molecule has 2 atom stereocenters. The summed E-state index contributed by atoms with van der Waals surface area (Å²) in [6.45, 7) is 0.422. The third-order valence-corrected chi connectivity index (χ3v) is 6.26. The van der Waals surface area contributed by atoms with Gasteiger partial charge in [0.2, 0.25) is 0 Å². The molecule has 2 aliphatic rings. The molecular formula is C26H22N4O. The van der Waals surface area contributed by atoms with Gasteiger partial charge in [-0.25, -0.2) is 0 Å². The van der Waals surface area contributed by atoms with Crippen molar-refractivity contribution < 1.29 is 4.74 Å². The zero-order valence-electron chi connectivity index (χ0n) is 17.1. The van der Waals surface area contributed by atoms with Gasteiger partial charge in [0.15, 0.2) is 5.41 Å². The van der Waals surface area contributed by atoms with E-state index in [0.29, 0.717) is 17.9 Å². The van der Waals surface area contributed by atoms with E-state index in [-0.39, 0.29) is 11.6 Å². The molecule has 31 heavy (non-hydrogen) atoms. The number of hydrogen-bond acceptors (Lipinski definition) is 5. The van der Waals surface area contributed by atoms with Crippen LogP contribution in [0.25, 0.3) is 0 Å². The molecule has 0 radical (unpaired) electrons. The number of ether oxygens (including phenoxy) is 1. The molecule has 152 valence electrons. The highest BCUT2D eigenvalue weighted by atomic mass is 16.5. The molecule has 2 aromatic carbocycles. The van der Waals surface area contributed by atoms with E-state index in [1.807, 2.05) is 60.7 Å². The Morgan fingerprint density at radius 3 is 2.52 bits per heavy atom. The Morgan fingerprint density at radius 1 is 1.03 bits per heavy atom. The Morgan fingerprint density at radius 2 is 1.81 bits per heavy atom. The van der Waals surface area contributed by atoms with Gasteiger partial charge in [0.1, 0.15) is 18.4 Å². The zero-order chi connectivity index (χ0) is 21.8.